The lowest BCUT2D eigenvalue weighted by molar-refractivity contribution is -0.117. The van der Waals surface area contributed by atoms with Crippen molar-refractivity contribution in [2.75, 3.05) is 19.6 Å². The third-order valence-electron chi connectivity index (χ3n) is 0.900. The predicted molar refractivity (Wildman–Crippen MR) is 39.7 cm³/mol. The Hall–Kier alpha value is -1.30. The van der Waals surface area contributed by atoms with Crippen molar-refractivity contribution in [1.82, 2.24) is 10.6 Å². The Labute approximate surface area is 64.3 Å². The van der Waals surface area contributed by atoms with Gasteiger partial charge in [-0.25, -0.2) is 4.79 Å². The Kier molecular flexibility index (Phi) is 4.83. The molecule has 0 saturated carbocycles. The highest BCUT2D eigenvalue weighted by molar-refractivity contribution is 5.75. The number of hydrogen-bond acceptors (Lipinski definition) is 3. The van der Waals surface area contributed by atoms with Gasteiger partial charge in [0.1, 0.15) is 0 Å². The van der Waals surface area contributed by atoms with Crippen LogP contribution in [0.1, 0.15) is 0 Å². The lowest BCUT2D eigenvalue weighted by Gasteiger charge is -2.01. The maximum atomic E-state index is 10.1. The monoisotopic (exact) mass is 160 g/mol. The van der Waals surface area contributed by atoms with Gasteiger partial charge in [-0.1, -0.05) is 0 Å². The summed E-state index contributed by atoms with van der Waals surface area (Å²) in [5.74, 6) is -0.427. The molecule has 0 aromatic heterocycles. The van der Waals surface area contributed by atoms with E-state index in [0.29, 0.717) is 13.1 Å². The first-order chi connectivity index (χ1) is 5.13. The number of amides is 3. The van der Waals surface area contributed by atoms with Crippen LogP contribution in [0.25, 0.3) is 0 Å². The van der Waals surface area contributed by atoms with Crippen molar-refractivity contribution in [3.05, 3.63) is 0 Å². The minimum atomic E-state index is -0.578. The number of carbonyl (C=O) groups excluding carboxylic acids is 2. The third kappa shape index (κ3) is 8.70. The van der Waals surface area contributed by atoms with Gasteiger partial charge in [-0.3, -0.25) is 4.79 Å². The fraction of sp³-hybridized carbons (Fsp3) is 0.600. The van der Waals surface area contributed by atoms with E-state index in [-0.39, 0.29) is 6.54 Å². The second-order valence-electron chi connectivity index (χ2n) is 1.93. The Bertz CT molecular complexity index is 131. The molecule has 0 unspecified atom stereocenters. The van der Waals surface area contributed by atoms with Gasteiger partial charge in [0.25, 0.3) is 0 Å². The van der Waals surface area contributed by atoms with Crippen molar-refractivity contribution < 1.29 is 9.59 Å². The molecule has 0 aromatic rings. The zero-order chi connectivity index (χ0) is 8.69. The van der Waals surface area contributed by atoms with Crippen LogP contribution < -0.4 is 22.1 Å². The number of rotatable bonds is 5. The fourth-order valence-electron chi connectivity index (χ4n) is 0.486. The average molecular weight is 160 g/mol. The van der Waals surface area contributed by atoms with Crippen LogP contribution in [0.15, 0.2) is 0 Å². The molecule has 0 aliphatic rings. The molecule has 3 amide bonds. The summed E-state index contributed by atoms with van der Waals surface area (Å²) in [5.41, 5.74) is 9.59. The minimum Gasteiger partial charge on any atom is -0.369 e. The first-order valence-corrected chi connectivity index (χ1v) is 3.15. The summed E-state index contributed by atoms with van der Waals surface area (Å²) in [6.07, 6.45) is 0. The maximum Gasteiger partial charge on any atom is 0.312 e. The smallest absolute Gasteiger partial charge is 0.312 e. The van der Waals surface area contributed by atoms with Crippen LogP contribution in [-0.2, 0) is 4.79 Å². The highest BCUT2D eigenvalue weighted by Crippen LogP contribution is 1.59. The van der Waals surface area contributed by atoms with Crippen LogP contribution in [0.3, 0.4) is 0 Å². The summed E-state index contributed by atoms with van der Waals surface area (Å²) in [4.78, 5) is 20.2. The molecular weight excluding hydrogens is 148 g/mol. The van der Waals surface area contributed by atoms with E-state index < -0.39 is 11.9 Å². The molecular formula is C5H12N4O2. The van der Waals surface area contributed by atoms with Crippen molar-refractivity contribution >= 4 is 11.9 Å². The Morgan fingerprint density at radius 2 is 1.82 bits per heavy atom. The lowest BCUT2D eigenvalue weighted by atomic mass is 10.5. The van der Waals surface area contributed by atoms with Crippen molar-refractivity contribution in [3.8, 4) is 0 Å². The third-order valence-corrected chi connectivity index (χ3v) is 0.900. The van der Waals surface area contributed by atoms with Gasteiger partial charge in [0.2, 0.25) is 5.91 Å². The molecule has 0 spiro atoms. The summed E-state index contributed by atoms with van der Waals surface area (Å²) in [7, 11) is 0. The first-order valence-electron chi connectivity index (χ1n) is 3.15. The van der Waals surface area contributed by atoms with Crippen molar-refractivity contribution in [2.45, 2.75) is 0 Å². The van der Waals surface area contributed by atoms with Gasteiger partial charge in [-0.2, -0.15) is 0 Å². The number of nitrogens with one attached hydrogen (secondary N) is 2. The van der Waals surface area contributed by atoms with E-state index in [1.54, 1.807) is 0 Å². The van der Waals surface area contributed by atoms with E-state index in [4.69, 9.17) is 11.5 Å². The zero-order valence-corrected chi connectivity index (χ0v) is 6.09. The molecule has 0 radical (unpaired) electrons. The summed E-state index contributed by atoms with van der Waals surface area (Å²) >= 11 is 0. The predicted octanol–water partition coefficient (Wildman–Crippen LogP) is -2.27. The molecule has 6 N–H and O–H groups in total. The van der Waals surface area contributed by atoms with Crippen molar-refractivity contribution in [2.24, 2.45) is 11.5 Å². The summed E-state index contributed by atoms with van der Waals surface area (Å²) in [6.45, 7) is 0.981. The fourth-order valence-corrected chi connectivity index (χ4v) is 0.486. The average Bonchev–Trinajstić information content (AvgIpc) is 1.85. The molecule has 0 aromatic carbocycles. The molecule has 0 saturated heterocycles. The number of urea groups is 1. The normalized spacial score (nSPS) is 9.09. The molecule has 0 aliphatic heterocycles. The Balaban J connectivity index is 3.03. The highest BCUT2D eigenvalue weighted by atomic mass is 16.2. The van der Waals surface area contributed by atoms with E-state index in [1.165, 1.54) is 0 Å². The number of carbonyl (C=O) groups is 2. The number of hydrogen-bond donors (Lipinski definition) is 4. The molecule has 0 bridgehead atoms. The van der Waals surface area contributed by atoms with Gasteiger partial charge < -0.3 is 22.1 Å². The zero-order valence-electron chi connectivity index (χ0n) is 6.09. The Morgan fingerprint density at radius 1 is 1.18 bits per heavy atom. The van der Waals surface area contributed by atoms with Crippen molar-refractivity contribution in [3.63, 3.8) is 0 Å². The molecule has 0 rings (SSSR count). The number of primary amides is 2. The van der Waals surface area contributed by atoms with Gasteiger partial charge in [0.05, 0.1) is 6.54 Å². The second-order valence-corrected chi connectivity index (χ2v) is 1.93. The van der Waals surface area contributed by atoms with Crippen LogP contribution in [0.5, 0.6) is 0 Å². The summed E-state index contributed by atoms with van der Waals surface area (Å²) in [5, 5.41) is 5.04. The SMILES string of the molecule is NC(=O)CNCCNC(N)=O. The number of nitrogens with two attached hydrogens (primary N) is 2. The van der Waals surface area contributed by atoms with Crippen LogP contribution >= 0.6 is 0 Å². The molecule has 0 aliphatic carbocycles. The minimum absolute atomic E-state index is 0.112. The first kappa shape index (κ1) is 9.70. The lowest BCUT2D eigenvalue weighted by Crippen LogP contribution is -2.37. The molecule has 0 heterocycles. The summed E-state index contributed by atoms with van der Waals surface area (Å²) < 4.78 is 0. The quantitative estimate of drug-likeness (QED) is 0.340. The van der Waals surface area contributed by atoms with Crippen LogP contribution in [0, 0.1) is 0 Å². The molecule has 0 atom stereocenters. The van der Waals surface area contributed by atoms with Gasteiger partial charge in [-0.15, -0.1) is 0 Å². The summed E-state index contributed by atoms with van der Waals surface area (Å²) in [6, 6.07) is -0.578. The van der Waals surface area contributed by atoms with Crippen LogP contribution in [0.4, 0.5) is 4.79 Å². The topological polar surface area (TPSA) is 110 Å². The van der Waals surface area contributed by atoms with Crippen LogP contribution in [0.2, 0.25) is 0 Å². The second kappa shape index (κ2) is 5.48. The Morgan fingerprint density at radius 3 is 2.27 bits per heavy atom. The van der Waals surface area contributed by atoms with E-state index in [2.05, 4.69) is 10.6 Å². The highest BCUT2D eigenvalue weighted by Gasteiger charge is 1.92. The van der Waals surface area contributed by atoms with Gasteiger partial charge in [-0.05, 0) is 0 Å². The molecule has 0 fully saturated rings. The molecule has 6 heteroatoms. The molecule has 6 nitrogen and oxygen atoms in total. The van der Waals surface area contributed by atoms with E-state index in [9.17, 15) is 9.59 Å². The molecule has 11 heavy (non-hydrogen) atoms. The standard InChI is InChI=1S/C5H12N4O2/c6-4(10)3-8-1-2-9-5(7)11/h8H,1-3H2,(H2,6,10)(H3,7,9,11). The molecule has 64 valence electrons. The maximum absolute atomic E-state index is 10.1. The van der Waals surface area contributed by atoms with E-state index >= 15 is 0 Å². The largest absolute Gasteiger partial charge is 0.369 e. The van der Waals surface area contributed by atoms with E-state index in [1.807, 2.05) is 0 Å². The van der Waals surface area contributed by atoms with Gasteiger partial charge in [0.15, 0.2) is 0 Å². The van der Waals surface area contributed by atoms with E-state index in [0.717, 1.165) is 0 Å². The van der Waals surface area contributed by atoms with Gasteiger partial charge in [0, 0.05) is 13.1 Å². The van der Waals surface area contributed by atoms with Gasteiger partial charge >= 0.3 is 6.03 Å². The van der Waals surface area contributed by atoms with Crippen molar-refractivity contribution in [1.29, 1.82) is 0 Å². The van der Waals surface area contributed by atoms with Crippen LogP contribution in [-0.4, -0.2) is 31.6 Å².